The minimum atomic E-state index is 0.158. The lowest BCUT2D eigenvalue weighted by atomic mass is 9.93. The van der Waals surface area contributed by atoms with Crippen molar-refractivity contribution in [1.82, 2.24) is 0 Å². The van der Waals surface area contributed by atoms with E-state index in [0.29, 0.717) is 5.92 Å². The maximum atomic E-state index is 6.46. The van der Waals surface area contributed by atoms with Gasteiger partial charge in [-0.25, -0.2) is 0 Å². The highest BCUT2D eigenvalue weighted by Crippen LogP contribution is 2.33. The van der Waals surface area contributed by atoms with Gasteiger partial charge in [-0.2, -0.15) is 0 Å². The zero-order valence-electron chi connectivity index (χ0n) is 10.4. The zero-order valence-corrected chi connectivity index (χ0v) is 11.2. The number of rotatable bonds is 3. The molecule has 0 saturated carbocycles. The first kappa shape index (κ1) is 12.6. The first-order valence-corrected chi connectivity index (χ1v) is 6.07. The topological polar surface area (TPSA) is 0 Å². The average Bonchev–Trinajstić information content (AvgIpc) is 1.99. The smallest absolute Gasteiger partial charge is 0.0592 e. The monoisotopic (exact) mass is 224 g/mol. The Morgan fingerprint density at radius 3 is 1.93 bits per heavy atom. The lowest BCUT2D eigenvalue weighted by Crippen LogP contribution is -2.02. The molecule has 0 aliphatic rings. The van der Waals surface area contributed by atoms with Crippen LogP contribution in [0.4, 0.5) is 0 Å². The summed E-state index contributed by atoms with van der Waals surface area (Å²) in [6.45, 7) is 10.9. The molecule has 0 aromatic heterocycles. The maximum absolute atomic E-state index is 6.46. The van der Waals surface area contributed by atoms with Crippen molar-refractivity contribution in [3.63, 3.8) is 0 Å². The average molecular weight is 225 g/mol. The molecule has 1 aromatic rings. The van der Waals surface area contributed by atoms with Gasteiger partial charge in [-0.1, -0.05) is 31.5 Å². The standard InChI is InChI=1S/C14H21Cl/c1-9(2)6-13(15)14-11(4)7-10(3)8-12(14)5/h7-9,13H,6H2,1-5H3. The summed E-state index contributed by atoms with van der Waals surface area (Å²) < 4.78 is 0. The highest BCUT2D eigenvalue weighted by atomic mass is 35.5. The van der Waals surface area contributed by atoms with Crippen molar-refractivity contribution in [3.05, 3.63) is 34.4 Å². The molecule has 1 rings (SSSR count). The Kier molecular flexibility index (Phi) is 4.21. The van der Waals surface area contributed by atoms with Gasteiger partial charge >= 0.3 is 0 Å². The molecule has 0 fully saturated rings. The van der Waals surface area contributed by atoms with E-state index in [-0.39, 0.29) is 5.38 Å². The summed E-state index contributed by atoms with van der Waals surface area (Å²) in [5, 5.41) is 0.158. The van der Waals surface area contributed by atoms with E-state index in [1.807, 2.05) is 0 Å². The molecule has 0 nitrogen and oxygen atoms in total. The van der Waals surface area contributed by atoms with Crippen LogP contribution < -0.4 is 0 Å². The molecule has 1 aromatic carbocycles. The third-order valence-electron chi connectivity index (χ3n) is 2.73. The fraction of sp³-hybridized carbons (Fsp3) is 0.571. The fourth-order valence-corrected chi connectivity index (χ4v) is 2.92. The van der Waals surface area contributed by atoms with E-state index in [1.54, 1.807) is 0 Å². The van der Waals surface area contributed by atoms with Crippen molar-refractivity contribution in [1.29, 1.82) is 0 Å². The third-order valence-corrected chi connectivity index (χ3v) is 3.13. The normalized spacial score (nSPS) is 13.3. The molecule has 1 heteroatoms. The summed E-state index contributed by atoms with van der Waals surface area (Å²) >= 11 is 6.46. The van der Waals surface area contributed by atoms with Crippen LogP contribution in [0, 0.1) is 26.7 Å². The van der Waals surface area contributed by atoms with Gasteiger partial charge in [0.15, 0.2) is 0 Å². The van der Waals surface area contributed by atoms with Crippen molar-refractivity contribution in [2.75, 3.05) is 0 Å². The molecule has 1 atom stereocenters. The predicted molar refractivity (Wildman–Crippen MR) is 68.7 cm³/mol. The van der Waals surface area contributed by atoms with E-state index in [1.165, 1.54) is 22.3 Å². The summed E-state index contributed by atoms with van der Waals surface area (Å²) in [6.07, 6.45) is 1.05. The third kappa shape index (κ3) is 3.24. The highest BCUT2D eigenvalue weighted by molar-refractivity contribution is 6.21. The van der Waals surface area contributed by atoms with Gasteiger partial charge in [0, 0.05) is 0 Å². The number of aryl methyl sites for hydroxylation is 3. The van der Waals surface area contributed by atoms with Crippen LogP contribution in [0.3, 0.4) is 0 Å². The lowest BCUT2D eigenvalue weighted by Gasteiger charge is -2.18. The Morgan fingerprint density at radius 2 is 1.53 bits per heavy atom. The van der Waals surface area contributed by atoms with Crippen molar-refractivity contribution in [2.45, 2.75) is 46.4 Å². The zero-order chi connectivity index (χ0) is 11.6. The Labute approximate surface area is 98.7 Å². The number of halogens is 1. The minimum absolute atomic E-state index is 0.158. The Morgan fingerprint density at radius 1 is 1.07 bits per heavy atom. The molecule has 84 valence electrons. The van der Waals surface area contributed by atoms with Crippen LogP contribution in [0.5, 0.6) is 0 Å². The van der Waals surface area contributed by atoms with Crippen LogP contribution in [0.25, 0.3) is 0 Å². The minimum Gasteiger partial charge on any atom is -0.118 e. The maximum Gasteiger partial charge on any atom is 0.0592 e. The van der Waals surface area contributed by atoms with Crippen LogP contribution >= 0.6 is 11.6 Å². The number of benzene rings is 1. The molecule has 0 radical (unpaired) electrons. The van der Waals surface area contributed by atoms with Gasteiger partial charge in [0.25, 0.3) is 0 Å². The van der Waals surface area contributed by atoms with Gasteiger partial charge < -0.3 is 0 Å². The Balaban J connectivity index is 3.03. The van der Waals surface area contributed by atoms with Crippen LogP contribution in [0.1, 0.15) is 47.9 Å². The van der Waals surface area contributed by atoms with Gasteiger partial charge in [0.2, 0.25) is 0 Å². The summed E-state index contributed by atoms with van der Waals surface area (Å²) in [6, 6.07) is 4.44. The predicted octanol–water partition coefficient (Wildman–Crippen LogP) is 4.94. The summed E-state index contributed by atoms with van der Waals surface area (Å²) in [5.41, 5.74) is 5.31. The summed E-state index contributed by atoms with van der Waals surface area (Å²) in [5.74, 6) is 0.646. The molecule has 0 aliphatic carbocycles. The fourth-order valence-electron chi connectivity index (χ4n) is 2.22. The van der Waals surface area contributed by atoms with E-state index in [2.05, 4.69) is 46.8 Å². The van der Waals surface area contributed by atoms with Crippen molar-refractivity contribution in [3.8, 4) is 0 Å². The van der Waals surface area contributed by atoms with Gasteiger partial charge in [-0.3, -0.25) is 0 Å². The largest absolute Gasteiger partial charge is 0.118 e. The first-order valence-electron chi connectivity index (χ1n) is 5.63. The number of hydrogen-bond donors (Lipinski definition) is 0. The van der Waals surface area contributed by atoms with E-state index < -0.39 is 0 Å². The second kappa shape index (κ2) is 5.03. The molecule has 0 aliphatic heterocycles. The summed E-state index contributed by atoms with van der Waals surface area (Å²) in [7, 11) is 0. The number of alkyl halides is 1. The van der Waals surface area contributed by atoms with Crippen LogP contribution in [-0.4, -0.2) is 0 Å². The molecule has 0 amide bonds. The molecule has 0 bridgehead atoms. The second-order valence-corrected chi connectivity index (χ2v) is 5.44. The van der Waals surface area contributed by atoms with Crippen LogP contribution in [0.15, 0.2) is 12.1 Å². The van der Waals surface area contributed by atoms with Gasteiger partial charge in [-0.05, 0) is 49.8 Å². The van der Waals surface area contributed by atoms with E-state index in [9.17, 15) is 0 Å². The summed E-state index contributed by atoms with van der Waals surface area (Å²) in [4.78, 5) is 0. The SMILES string of the molecule is Cc1cc(C)c(C(Cl)CC(C)C)c(C)c1. The quantitative estimate of drug-likeness (QED) is 0.639. The molecule has 0 heterocycles. The molecule has 0 N–H and O–H groups in total. The molecule has 15 heavy (non-hydrogen) atoms. The van der Waals surface area contributed by atoms with Crippen LogP contribution in [-0.2, 0) is 0 Å². The molecule has 0 saturated heterocycles. The second-order valence-electron chi connectivity index (χ2n) is 4.91. The highest BCUT2D eigenvalue weighted by Gasteiger charge is 2.15. The van der Waals surface area contributed by atoms with Crippen molar-refractivity contribution < 1.29 is 0 Å². The Bertz CT molecular complexity index is 316. The van der Waals surface area contributed by atoms with E-state index in [4.69, 9.17) is 11.6 Å². The van der Waals surface area contributed by atoms with Gasteiger partial charge in [0.05, 0.1) is 5.38 Å². The van der Waals surface area contributed by atoms with Crippen molar-refractivity contribution in [2.24, 2.45) is 5.92 Å². The molecule has 0 spiro atoms. The van der Waals surface area contributed by atoms with Crippen LogP contribution in [0.2, 0.25) is 0 Å². The van der Waals surface area contributed by atoms with E-state index in [0.717, 1.165) is 6.42 Å². The molecule has 1 unspecified atom stereocenters. The van der Waals surface area contributed by atoms with Crippen molar-refractivity contribution >= 4 is 11.6 Å². The van der Waals surface area contributed by atoms with Gasteiger partial charge in [0.1, 0.15) is 0 Å². The first-order chi connectivity index (χ1) is 6.91. The van der Waals surface area contributed by atoms with E-state index >= 15 is 0 Å². The lowest BCUT2D eigenvalue weighted by molar-refractivity contribution is 0.573. The molecular weight excluding hydrogens is 204 g/mol. The molecular formula is C14H21Cl. The van der Waals surface area contributed by atoms with Gasteiger partial charge in [-0.15, -0.1) is 11.6 Å². The number of hydrogen-bond acceptors (Lipinski definition) is 0. The Hall–Kier alpha value is -0.490.